The third-order valence-electron chi connectivity index (χ3n) is 9.69. The molecule has 2 heterocycles. The molecule has 198 valence electrons. The first-order chi connectivity index (χ1) is 19.8. The molecule has 3 atom stereocenters. The van der Waals surface area contributed by atoms with E-state index >= 15 is 0 Å². The van der Waals surface area contributed by atoms with Gasteiger partial charge in [0.15, 0.2) is 0 Å². The number of aryl methyl sites for hydroxylation is 1. The molecular weight excluding hydrogens is 490 g/mol. The molecule has 0 radical (unpaired) electrons. The topological polar surface area (TPSA) is 50.8 Å². The SMILES string of the molecule is CCc1nc2cccc3c2n1C1C(CCCC1c1c2c(c(-c4ccc(C#N)cc4)c4ccccc14)CCCC2)O3. The lowest BCUT2D eigenvalue weighted by Gasteiger charge is -2.44. The van der Waals surface area contributed by atoms with Crippen LogP contribution < -0.4 is 4.74 Å². The Labute approximate surface area is 235 Å². The second-order valence-electron chi connectivity index (χ2n) is 11.7. The molecule has 1 saturated carbocycles. The number of nitriles is 1. The summed E-state index contributed by atoms with van der Waals surface area (Å²) in [5, 5.41) is 12.1. The Morgan fingerprint density at radius 3 is 2.50 bits per heavy atom. The van der Waals surface area contributed by atoms with Crippen LogP contribution in [0.4, 0.5) is 0 Å². The molecule has 1 aromatic heterocycles. The number of ether oxygens (including phenoxy) is 1. The predicted molar refractivity (Wildman–Crippen MR) is 160 cm³/mol. The lowest BCUT2D eigenvalue weighted by atomic mass is 9.70. The van der Waals surface area contributed by atoms with E-state index in [0.29, 0.717) is 11.5 Å². The third-order valence-corrected chi connectivity index (χ3v) is 9.69. The molecule has 0 saturated heterocycles. The van der Waals surface area contributed by atoms with Crippen molar-refractivity contribution in [2.75, 3.05) is 0 Å². The molecule has 1 aliphatic heterocycles. The Kier molecular flexibility index (Phi) is 5.49. The van der Waals surface area contributed by atoms with E-state index in [2.05, 4.69) is 72.2 Å². The number of aromatic nitrogens is 2. The molecule has 4 aromatic carbocycles. The molecule has 0 N–H and O–H groups in total. The highest BCUT2D eigenvalue weighted by molar-refractivity contribution is 6.02. The van der Waals surface area contributed by atoms with Crippen molar-refractivity contribution in [1.29, 1.82) is 5.26 Å². The van der Waals surface area contributed by atoms with E-state index in [1.165, 1.54) is 64.5 Å². The van der Waals surface area contributed by atoms with Gasteiger partial charge in [-0.25, -0.2) is 4.98 Å². The van der Waals surface area contributed by atoms with E-state index < -0.39 is 0 Å². The van der Waals surface area contributed by atoms with Crippen molar-refractivity contribution < 1.29 is 4.74 Å². The molecule has 4 heteroatoms. The fourth-order valence-corrected chi connectivity index (χ4v) is 8.13. The molecular formula is C36H33N3O. The van der Waals surface area contributed by atoms with Gasteiger partial charge in [0.25, 0.3) is 0 Å². The number of rotatable bonds is 3. The van der Waals surface area contributed by atoms with E-state index in [-0.39, 0.29) is 12.1 Å². The number of hydrogen-bond donors (Lipinski definition) is 0. The summed E-state index contributed by atoms with van der Waals surface area (Å²) in [6, 6.07) is 26.2. The van der Waals surface area contributed by atoms with E-state index in [4.69, 9.17) is 9.72 Å². The summed E-state index contributed by atoms with van der Waals surface area (Å²) in [6.07, 6.45) is 9.21. The van der Waals surface area contributed by atoms with Gasteiger partial charge in [0.2, 0.25) is 0 Å². The van der Waals surface area contributed by atoms with Gasteiger partial charge in [0, 0.05) is 12.3 Å². The Hall–Kier alpha value is -4.10. The minimum Gasteiger partial charge on any atom is -0.486 e. The standard InChI is InChI=1S/C36H33N3O/c1-2-32-38-29-14-8-16-31-36(29)39(32)35-28(13-7-15-30(35)40-31)34-26-11-5-3-9-24(26)33(25-10-4-6-12-27(25)34)23-19-17-22(21-37)18-20-23/h3,5,8-9,11,14,16-20,28,30,35H,2,4,6-7,10,12-13,15H2,1H3. The van der Waals surface area contributed by atoms with Crippen molar-refractivity contribution >= 4 is 21.8 Å². The number of nitrogens with zero attached hydrogens (tertiary/aromatic N) is 3. The fourth-order valence-electron chi connectivity index (χ4n) is 8.13. The lowest BCUT2D eigenvalue weighted by Crippen LogP contribution is -2.41. The Bertz CT molecular complexity index is 1820. The number of para-hydroxylation sites is 1. The Morgan fingerprint density at radius 2 is 1.70 bits per heavy atom. The monoisotopic (exact) mass is 523 g/mol. The Balaban J connectivity index is 1.40. The highest BCUT2D eigenvalue weighted by atomic mass is 16.5. The number of imidazole rings is 1. The maximum atomic E-state index is 9.41. The van der Waals surface area contributed by atoms with E-state index in [9.17, 15) is 5.26 Å². The normalized spacial score (nSPS) is 21.4. The first-order valence-corrected chi connectivity index (χ1v) is 15.0. The number of hydrogen-bond acceptors (Lipinski definition) is 3. The number of benzene rings is 4. The van der Waals surface area contributed by atoms with Crippen LogP contribution in [0.3, 0.4) is 0 Å². The largest absolute Gasteiger partial charge is 0.486 e. The molecule has 0 amide bonds. The van der Waals surface area contributed by atoms with Crippen LogP contribution in [0.15, 0.2) is 66.7 Å². The van der Waals surface area contributed by atoms with Gasteiger partial charge in [-0.3, -0.25) is 0 Å². The van der Waals surface area contributed by atoms with Crippen LogP contribution in [0.1, 0.15) is 79.1 Å². The average Bonchev–Trinajstić information content (AvgIpc) is 3.40. The summed E-state index contributed by atoms with van der Waals surface area (Å²) >= 11 is 0. The summed E-state index contributed by atoms with van der Waals surface area (Å²) in [5.41, 5.74) is 10.2. The molecule has 3 aliphatic rings. The lowest BCUT2D eigenvalue weighted by molar-refractivity contribution is 0.0729. The molecule has 0 bridgehead atoms. The van der Waals surface area contributed by atoms with Gasteiger partial charge in [0.1, 0.15) is 23.2 Å². The second-order valence-corrected chi connectivity index (χ2v) is 11.7. The third kappa shape index (κ3) is 3.40. The minimum absolute atomic E-state index is 0.160. The molecule has 2 aliphatic carbocycles. The van der Waals surface area contributed by atoms with Gasteiger partial charge in [-0.15, -0.1) is 0 Å². The summed E-state index contributed by atoms with van der Waals surface area (Å²) in [7, 11) is 0. The summed E-state index contributed by atoms with van der Waals surface area (Å²) in [4.78, 5) is 5.10. The van der Waals surface area contributed by atoms with Crippen molar-refractivity contribution in [3.63, 3.8) is 0 Å². The van der Waals surface area contributed by atoms with Crippen molar-refractivity contribution in [3.8, 4) is 22.9 Å². The van der Waals surface area contributed by atoms with Gasteiger partial charge in [-0.05, 0) is 108 Å². The smallest absolute Gasteiger partial charge is 0.145 e. The maximum Gasteiger partial charge on any atom is 0.145 e. The van der Waals surface area contributed by atoms with Crippen LogP contribution in [-0.2, 0) is 19.3 Å². The van der Waals surface area contributed by atoms with Gasteiger partial charge < -0.3 is 9.30 Å². The predicted octanol–water partition coefficient (Wildman–Crippen LogP) is 8.44. The van der Waals surface area contributed by atoms with E-state index in [1.54, 1.807) is 11.1 Å². The first kappa shape index (κ1) is 23.8. The van der Waals surface area contributed by atoms with Crippen LogP contribution in [0.25, 0.3) is 32.9 Å². The van der Waals surface area contributed by atoms with E-state index in [1.807, 2.05) is 12.1 Å². The summed E-state index contributed by atoms with van der Waals surface area (Å²) in [5.74, 6) is 2.55. The van der Waals surface area contributed by atoms with Crippen molar-refractivity contribution in [2.45, 2.75) is 76.4 Å². The zero-order chi connectivity index (χ0) is 26.8. The summed E-state index contributed by atoms with van der Waals surface area (Å²) < 4.78 is 9.39. The van der Waals surface area contributed by atoms with Crippen LogP contribution in [0, 0.1) is 11.3 Å². The van der Waals surface area contributed by atoms with Crippen LogP contribution in [0.5, 0.6) is 5.75 Å². The minimum atomic E-state index is 0.160. The number of fused-ring (bicyclic) bond motifs is 4. The van der Waals surface area contributed by atoms with Gasteiger partial charge >= 0.3 is 0 Å². The second kappa shape index (κ2) is 9.24. The quantitative estimate of drug-likeness (QED) is 0.238. The molecule has 1 fully saturated rings. The highest BCUT2D eigenvalue weighted by Crippen LogP contribution is 2.53. The molecule has 5 aromatic rings. The highest BCUT2D eigenvalue weighted by Gasteiger charge is 2.44. The molecule has 3 unspecified atom stereocenters. The van der Waals surface area contributed by atoms with Crippen molar-refractivity contribution in [2.24, 2.45) is 0 Å². The van der Waals surface area contributed by atoms with Crippen LogP contribution in [-0.4, -0.2) is 15.7 Å². The van der Waals surface area contributed by atoms with Crippen molar-refractivity contribution in [3.05, 3.63) is 94.8 Å². The van der Waals surface area contributed by atoms with E-state index in [0.717, 1.165) is 36.9 Å². The van der Waals surface area contributed by atoms with Crippen molar-refractivity contribution in [1.82, 2.24) is 9.55 Å². The van der Waals surface area contributed by atoms with Crippen LogP contribution >= 0.6 is 0 Å². The maximum absolute atomic E-state index is 9.41. The zero-order valence-corrected chi connectivity index (χ0v) is 23.0. The fraction of sp³-hybridized carbons (Fsp3) is 0.333. The van der Waals surface area contributed by atoms with Crippen LogP contribution in [0.2, 0.25) is 0 Å². The molecule has 4 nitrogen and oxygen atoms in total. The van der Waals surface area contributed by atoms with Gasteiger partial charge in [-0.2, -0.15) is 5.26 Å². The molecule has 0 spiro atoms. The average molecular weight is 524 g/mol. The van der Waals surface area contributed by atoms with Gasteiger partial charge in [-0.1, -0.05) is 49.4 Å². The zero-order valence-electron chi connectivity index (χ0n) is 23.0. The molecule has 40 heavy (non-hydrogen) atoms. The summed E-state index contributed by atoms with van der Waals surface area (Å²) in [6.45, 7) is 2.23. The molecule has 8 rings (SSSR count). The first-order valence-electron chi connectivity index (χ1n) is 15.0. The van der Waals surface area contributed by atoms with Gasteiger partial charge in [0.05, 0.1) is 23.2 Å². The Morgan fingerprint density at radius 1 is 0.900 bits per heavy atom.